The van der Waals surface area contributed by atoms with Gasteiger partial charge in [-0.05, 0) is 28.1 Å². The highest BCUT2D eigenvalue weighted by molar-refractivity contribution is 9.10. The Hall–Kier alpha value is -0.940. The van der Waals surface area contributed by atoms with Crippen LogP contribution in [0.5, 0.6) is 0 Å². The molecule has 0 aromatic carbocycles. The maximum Gasteiger partial charge on any atom is 0.157 e. The van der Waals surface area contributed by atoms with Crippen LogP contribution in [0.15, 0.2) is 22.8 Å². The van der Waals surface area contributed by atoms with E-state index in [2.05, 4.69) is 31.2 Å². The molecule has 0 unspecified atom stereocenters. The van der Waals surface area contributed by atoms with Gasteiger partial charge in [0.2, 0.25) is 0 Å². The summed E-state index contributed by atoms with van der Waals surface area (Å²) in [5.41, 5.74) is 1.56. The third kappa shape index (κ3) is 1.65. The summed E-state index contributed by atoms with van der Waals surface area (Å²) in [6, 6.07) is 5.42. The second-order valence-corrected chi connectivity index (χ2v) is 3.84. The molecule has 0 fully saturated rings. The number of hydrogen-bond acceptors (Lipinski definition) is 3. The van der Waals surface area contributed by atoms with Gasteiger partial charge in [0.25, 0.3) is 0 Å². The summed E-state index contributed by atoms with van der Waals surface area (Å²) in [5, 5.41) is 8.18. The first kappa shape index (κ1) is 9.61. The van der Waals surface area contributed by atoms with Crippen molar-refractivity contribution in [1.29, 1.82) is 0 Å². The van der Waals surface area contributed by atoms with E-state index in [1.54, 1.807) is 17.8 Å². The van der Waals surface area contributed by atoms with Crippen molar-refractivity contribution in [2.45, 2.75) is 0 Å². The van der Waals surface area contributed by atoms with Crippen LogP contribution >= 0.6 is 27.5 Å². The molecule has 0 aliphatic carbocycles. The van der Waals surface area contributed by atoms with E-state index in [4.69, 9.17) is 11.6 Å². The summed E-state index contributed by atoms with van der Waals surface area (Å²) in [6.07, 6.45) is 0. The van der Waals surface area contributed by atoms with Crippen LogP contribution in [0.25, 0.3) is 11.4 Å². The first-order valence-corrected chi connectivity index (χ1v) is 5.03. The van der Waals surface area contributed by atoms with Crippen molar-refractivity contribution < 1.29 is 0 Å². The third-order valence-electron chi connectivity index (χ3n) is 1.74. The van der Waals surface area contributed by atoms with Gasteiger partial charge in [-0.1, -0.05) is 22.9 Å². The molecule has 4 nitrogen and oxygen atoms in total. The normalized spacial score (nSPS) is 10.5. The summed E-state index contributed by atoms with van der Waals surface area (Å²) in [4.78, 5) is 4.17. The summed E-state index contributed by atoms with van der Waals surface area (Å²) in [6.45, 7) is 0. The fourth-order valence-corrected chi connectivity index (χ4v) is 1.84. The zero-order valence-corrected chi connectivity index (χ0v) is 9.62. The highest BCUT2D eigenvalue weighted by atomic mass is 79.9. The minimum Gasteiger partial charge on any atom is -0.245 e. The van der Waals surface area contributed by atoms with Crippen LogP contribution in [-0.4, -0.2) is 20.0 Å². The summed E-state index contributed by atoms with van der Waals surface area (Å²) >= 11 is 9.09. The van der Waals surface area contributed by atoms with Gasteiger partial charge < -0.3 is 0 Å². The number of aromatic nitrogens is 4. The van der Waals surface area contributed by atoms with Crippen molar-refractivity contribution in [3.8, 4) is 11.4 Å². The fourth-order valence-electron chi connectivity index (χ4n) is 1.14. The topological polar surface area (TPSA) is 43.6 Å². The molecule has 6 heteroatoms. The standard InChI is InChI=1S/C8H6BrClN4/c1-14-7(8(9)12-13-14)5-3-2-4-6(10)11-5/h2-4H,1H3. The van der Waals surface area contributed by atoms with E-state index in [-0.39, 0.29) is 0 Å². The lowest BCUT2D eigenvalue weighted by atomic mass is 10.3. The number of rotatable bonds is 1. The SMILES string of the molecule is Cn1nnc(Br)c1-c1cccc(Cl)n1. The molecule has 14 heavy (non-hydrogen) atoms. The smallest absolute Gasteiger partial charge is 0.157 e. The van der Waals surface area contributed by atoms with Gasteiger partial charge in [0.15, 0.2) is 4.60 Å². The van der Waals surface area contributed by atoms with Gasteiger partial charge in [0.05, 0.1) is 5.69 Å². The lowest BCUT2D eigenvalue weighted by molar-refractivity contribution is 0.718. The average molecular weight is 274 g/mol. The van der Waals surface area contributed by atoms with Gasteiger partial charge >= 0.3 is 0 Å². The number of aryl methyl sites for hydroxylation is 1. The molecule has 0 saturated heterocycles. The highest BCUT2D eigenvalue weighted by Gasteiger charge is 2.11. The van der Waals surface area contributed by atoms with Crippen LogP contribution in [0.4, 0.5) is 0 Å². The van der Waals surface area contributed by atoms with Crippen LogP contribution in [0.1, 0.15) is 0 Å². The lowest BCUT2D eigenvalue weighted by Gasteiger charge is -2.00. The summed E-state index contributed by atoms with van der Waals surface area (Å²) in [7, 11) is 1.80. The van der Waals surface area contributed by atoms with Gasteiger partial charge in [-0.3, -0.25) is 0 Å². The minimum absolute atomic E-state index is 0.454. The maximum absolute atomic E-state index is 5.79. The molecule has 0 spiro atoms. The van der Waals surface area contributed by atoms with Gasteiger partial charge in [0.1, 0.15) is 10.8 Å². The molecule has 0 radical (unpaired) electrons. The Kier molecular flexibility index (Phi) is 2.52. The van der Waals surface area contributed by atoms with E-state index in [0.29, 0.717) is 9.76 Å². The van der Waals surface area contributed by atoms with Crippen molar-refractivity contribution in [2.24, 2.45) is 7.05 Å². The predicted molar refractivity (Wildman–Crippen MR) is 56.9 cm³/mol. The quantitative estimate of drug-likeness (QED) is 0.749. The first-order chi connectivity index (χ1) is 6.68. The van der Waals surface area contributed by atoms with Crippen LogP contribution in [0.3, 0.4) is 0 Å². The Bertz CT molecular complexity index is 449. The average Bonchev–Trinajstić information content (AvgIpc) is 2.46. The summed E-state index contributed by atoms with van der Waals surface area (Å²) < 4.78 is 2.30. The molecule has 0 saturated carbocycles. The molecule has 0 aliphatic heterocycles. The minimum atomic E-state index is 0.454. The van der Waals surface area contributed by atoms with Gasteiger partial charge in [0, 0.05) is 7.05 Å². The largest absolute Gasteiger partial charge is 0.245 e. The van der Waals surface area contributed by atoms with Crippen molar-refractivity contribution in [2.75, 3.05) is 0 Å². The molecular weight excluding hydrogens is 267 g/mol. The first-order valence-electron chi connectivity index (χ1n) is 3.86. The lowest BCUT2D eigenvalue weighted by Crippen LogP contribution is -1.95. The molecule has 2 heterocycles. The second-order valence-electron chi connectivity index (χ2n) is 2.70. The van der Waals surface area contributed by atoms with E-state index in [0.717, 1.165) is 11.4 Å². The molecule has 0 aliphatic rings. The van der Waals surface area contributed by atoms with Crippen LogP contribution in [0, 0.1) is 0 Å². The number of halogens is 2. The maximum atomic E-state index is 5.79. The Morgan fingerprint density at radius 3 is 2.79 bits per heavy atom. The van der Waals surface area contributed by atoms with E-state index >= 15 is 0 Å². The molecule has 2 aromatic rings. The Balaban J connectivity index is 2.59. The van der Waals surface area contributed by atoms with Crippen LogP contribution < -0.4 is 0 Å². The van der Waals surface area contributed by atoms with Crippen molar-refractivity contribution in [1.82, 2.24) is 20.0 Å². The Morgan fingerprint density at radius 2 is 2.21 bits per heavy atom. The molecule has 2 rings (SSSR count). The molecule has 2 aromatic heterocycles. The predicted octanol–water partition coefficient (Wildman–Crippen LogP) is 2.29. The summed E-state index contributed by atoms with van der Waals surface area (Å²) in [5.74, 6) is 0. The van der Waals surface area contributed by atoms with E-state index in [9.17, 15) is 0 Å². The number of pyridine rings is 1. The van der Waals surface area contributed by atoms with Crippen molar-refractivity contribution >= 4 is 27.5 Å². The Morgan fingerprint density at radius 1 is 1.43 bits per heavy atom. The number of hydrogen-bond donors (Lipinski definition) is 0. The van der Waals surface area contributed by atoms with E-state index in [1.165, 1.54) is 0 Å². The monoisotopic (exact) mass is 272 g/mol. The third-order valence-corrected chi connectivity index (χ3v) is 2.49. The Labute approximate surface area is 94.0 Å². The zero-order valence-electron chi connectivity index (χ0n) is 7.28. The van der Waals surface area contributed by atoms with Crippen molar-refractivity contribution in [3.05, 3.63) is 28.0 Å². The highest BCUT2D eigenvalue weighted by Crippen LogP contribution is 2.24. The van der Waals surface area contributed by atoms with Gasteiger partial charge in [-0.25, -0.2) is 9.67 Å². The van der Waals surface area contributed by atoms with Gasteiger partial charge in [-0.15, -0.1) is 5.10 Å². The fraction of sp³-hybridized carbons (Fsp3) is 0.125. The zero-order chi connectivity index (χ0) is 10.1. The molecule has 72 valence electrons. The van der Waals surface area contributed by atoms with E-state index < -0.39 is 0 Å². The van der Waals surface area contributed by atoms with E-state index in [1.807, 2.05) is 12.1 Å². The molecular formula is C8H6BrClN4. The van der Waals surface area contributed by atoms with Gasteiger partial charge in [-0.2, -0.15) is 0 Å². The second kappa shape index (κ2) is 3.67. The molecule has 0 bridgehead atoms. The number of nitrogens with zero attached hydrogens (tertiary/aromatic N) is 4. The van der Waals surface area contributed by atoms with Crippen LogP contribution in [0.2, 0.25) is 5.15 Å². The molecule has 0 atom stereocenters. The van der Waals surface area contributed by atoms with Crippen molar-refractivity contribution in [3.63, 3.8) is 0 Å². The van der Waals surface area contributed by atoms with Crippen LogP contribution in [-0.2, 0) is 7.05 Å². The molecule has 0 N–H and O–H groups in total. The molecule has 0 amide bonds.